The van der Waals surface area contributed by atoms with Crippen molar-refractivity contribution >= 4 is 17.8 Å². The first-order chi connectivity index (χ1) is 11.9. The maximum atomic E-state index is 2.43. The molecule has 26 heavy (non-hydrogen) atoms. The molecule has 0 amide bonds. The summed E-state index contributed by atoms with van der Waals surface area (Å²) >= 11 is -0.247. The number of halogens is 2. The molecule has 3 aromatic rings. The fourth-order valence-corrected chi connectivity index (χ4v) is 6.68. The van der Waals surface area contributed by atoms with Crippen LogP contribution in [0, 0.1) is 0 Å². The molecule has 2 aliphatic rings. The standard InChI is InChI=1S/C13H10N.C9H7.2ClH.Ti/c1-2-6-12-10-13(9-11(12)5-1)14-7-3-4-8-14;1-2-5-9-7-3-6-8(9)4-1;;;/h1-10H;1-7H;2*1H;/q;;;;+2/p-2. The molecule has 1 heterocycles. The van der Waals surface area contributed by atoms with E-state index < -0.39 is 0 Å². The van der Waals surface area contributed by atoms with Gasteiger partial charge in [-0.2, -0.15) is 0 Å². The number of benzene rings is 2. The average Bonchev–Trinajstić information content (AvgIpc) is 3.34. The number of rotatable bonds is 3. The molecule has 0 saturated heterocycles. The molecule has 2 aliphatic carbocycles. The summed E-state index contributed by atoms with van der Waals surface area (Å²) in [5, 5.41) is 0. The van der Waals surface area contributed by atoms with Crippen LogP contribution in [0.2, 0.25) is 0 Å². The normalized spacial score (nSPS) is 18.8. The summed E-state index contributed by atoms with van der Waals surface area (Å²) in [6, 6.07) is 22.0. The second-order valence-corrected chi connectivity index (χ2v) is 8.75. The molecular weight excluding hydrogens is 397 g/mol. The molecule has 1 aromatic heterocycles. The Morgan fingerprint density at radius 1 is 0.731 bits per heavy atom. The number of hydrogen-bond acceptors (Lipinski definition) is 0. The van der Waals surface area contributed by atoms with E-state index in [1.54, 1.807) is 0 Å². The molecule has 2 aromatic carbocycles. The summed E-state index contributed by atoms with van der Waals surface area (Å²) in [5.74, 6) is 0. The molecule has 2 unspecified atom stereocenters. The van der Waals surface area contributed by atoms with E-state index >= 15 is 0 Å². The summed E-state index contributed by atoms with van der Waals surface area (Å²) in [5.41, 5.74) is 7.28. The molecule has 0 aliphatic heterocycles. The quantitative estimate of drug-likeness (QED) is 0.505. The monoisotopic (exact) mass is 413 g/mol. The Bertz CT molecular complexity index is 960. The number of aromatic nitrogens is 1. The van der Waals surface area contributed by atoms with Crippen molar-refractivity contribution in [3.8, 4) is 0 Å². The van der Waals surface area contributed by atoms with Crippen LogP contribution in [0.5, 0.6) is 0 Å². The Kier molecular flexibility index (Phi) is 5.94. The van der Waals surface area contributed by atoms with E-state index in [0.29, 0.717) is 8.45 Å². The number of allylic oxidation sites excluding steroid dienone is 2. The second-order valence-electron chi connectivity index (χ2n) is 6.35. The van der Waals surface area contributed by atoms with Crippen molar-refractivity contribution in [3.05, 3.63) is 101 Å². The van der Waals surface area contributed by atoms with Crippen LogP contribution in [-0.4, -0.2) is 4.57 Å². The maximum Gasteiger partial charge on any atom is -1.00 e. The molecule has 0 radical (unpaired) electrons. The van der Waals surface area contributed by atoms with Gasteiger partial charge in [-0.1, -0.05) is 0 Å². The van der Waals surface area contributed by atoms with Gasteiger partial charge >= 0.3 is 151 Å². The van der Waals surface area contributed by atoms with E-state index in [1.165, 1.54) is 28.0 Å². The Morgan fingerprint density at radius 2 is 1.38 bits per heavy atom. The molecule has 2 atom stereocenters. The van der Waals surface area contributed by atoms with Crippen LogP contribution >= 0.6 is 0 Å². The minimum absolute atomic E-state index is 0. The van der Waals surface area contributed by atoms with Gasteiger partial charge in [-0.15, -0.1) is 0 Å². The number of hydrogen-bond donors (Lipinski definition) is 0. The molecule has 4 heteroatoms. The minimum atomic E-state index is -0.247. The Labute approximate surface area is 175 Å². The van der Waals surface area contributed by atoms with Gasteiger partial charge < -0.3 is 24.8 Å². The van der Waals surface area contributed by atoms with Gasteiger partial charge in [-0.3, -0.25) is 0 Å². The average molecular weight is 414 g/mol. The van der Waals surface area contributed by atoms with Gasteiger partial charge in [0.1, 0.15) is 0 Å². The number of nitrogens with zero attached hydrogens (tertiary/aromatic N) is 1. The first kappa shape index (κ1) is 19.3. The largest absolute Gasteiger partial charge is 1.00 e. The Morgan fingerprint density at radius 3 is 2.15 bits per heavy atom. The Balaban J connectivity index is 0.000000980. The van der Waals surface area contributed by atoms with Gasteiger partial charge in [0, 0.05) is 0 Å². The van der Waals surface area contributed by atoms with Crippen LogP contribution in [0.1, 0.15) is 30.7 Å². The zero-order valence-corrected chi connectivity index (χ0v) is 17.1. The first-order valence-electron chi connectivity index (χ1n) is 8.37. The second kappa shape index (κ2) is 8.02. The predicted octanol–water partition coefficient (Wildman–Crippen LogP) is -0.600. The van der Waals surface area contributed by atoms with Crippen molar-refractivity contribution in [2.75, 3.05) is 0 Å². The third-order valence-corrected chi connectivity index (χ3v) is 7.77. The van der Waals surface area contributed by atoms with E-state index in [9.17, 15) is 0 Å². The van der Waals surface area contributed by atoms with Gasteiger partial charge in [-0.05, 0) is 0 Å². The van der Waals surface area contributed by atoms with E-state index in [2.05, 4.69) is 95.9 Å². The van der Waals surface area contributed by atoms with Crippen LogP contribution < -0.4 is 24.8 Å². The third-order valence-electron chi connectivity index (χ3n) is 4.95. The summed E-state index contributed by atoms with van der Waals surface area (Å²) in [4.78, 5) is 0. The molecule has 1 nitrogen and oxygen atoms in total. The topological polar surface area (TPSA) is 4.93 Å². The van der Waals surface area contributed by atoms with E-state index in [0.717, 1.165) is 0 Å². The van der Waals surface area contributed by atoms with E-state index in [1.807, 2.05) is 0 Å². The van der Waals surface area contributed by atoms with Crippen LogP contribution in [0.25, 0.3) is 17.8 Å². The smallest absolute Gasteiger partial charge is 1.00 e. The zero-order valence-electron chi connectivity index (χ0n) is 14.0. The zero-order chi connectivity index (χ0) is 15.9. The van der Waals surface area contributed by atoms with Gasteiger partial charge in [0.25, 0.3) is 0 Å². The molecule has 0 saturated carbocycles. The van der Waals surface area contributed by atoms with Crippen molar-refractivity contribution in [2.45, 2.75) is 8.45 Å². The number of fused-ring (bicyclic) bond motifs is 2. The van der Waals surface area contributed by atoms with Crippen LogP contribution in [-0.2, 0) is 19.2 Å². The molecule has 0 N–H and O–H groups in total. The minimum Gasteiger partial charge on any atom is -1.00 e. The first-order valence-corrected chi connectivity index (χ1v) is 10.2. The van der Waals surface area contributed by atoms with E-state index in [4.69, 9.17) is 0 Å². The summed E-state index contributed by atoms with van der Waals surface area (Å²) in [6.07, 6.45) is 11.5. The molecule has 0 bridgehead atoms. The van der Waals surface area contributed by atoms with Crippen molar-refractivity contribution < 1.29 is 44.0 Å². The third kappa shape index (κ3) is 3.26. The molecule has 0 spiro atoms. The summed E-state index contributed by atoms with van der Waals surface area (Å²) in [7, 11) is 0. The fraction of sp³-hybridized carbons (Fsp3) is 0.0909. The van der Waals surface area contributed by atoms with Crippen molar-refractivity contribution in [3.63, 3.8) is 0 Å². The van der Waals surface area contributed by atoms with Crippen molar-refractivity contribution in [1.82, 2.24) is 4.57 Å². The predicted molar refractivity (Wildman–Crippen MR) is 96.0 cm³/mol. The van der Waals surface area contributed by atoms with Crippen molar-refractivity contribution in [2.24, 2.45) is 0 Å². The molecular formula is C22H17Cl2NTi. The molecule has 5 rings (SSSR count). The SMILES string of the molecule is C1=C[CH]([Ti+2][CH]2C(n3cccc3)=Cc3ccccc32)c2ccccc21.[Cl-].[Cl-]. The fourth-order valence-electron chi connectivity index (χ4n) is 3.79. The van der Waals surface area contributed by atoms with E-state index in [-0.39, 0.29) is 44.0 Å². The molecule has 0 fully saturated rings. The summed E-state index contributed by atoms with van der Waals surface area (Å²) < 4.78 is 3.49. The van der Waals surface area contributed by atoms with Crippen molar-refractivity contribution in [1.29, 1.82) is 0 Å². The van der Waals surface area contributed by atoms with Crippen LogP contribution in [0.3, 0.4) is 0 Å². The van der Waals surface area contributed by atoms with Crippen LogP contribution in [0.4, 0.5) is 0 Å². The van der Waals surface area contributed by atoms with Crippen LogP contribution in [0.15, 0.2) is 79.1 Å². The Hall–Kier alpha value is -1.51. The maximum absolute atomic E-state index is 2.43. The summed E-state index contributed by atoms with van der Waals surface area (Å²) in [6.45, 7) is 0. The van der Waals surface area contributed by atoms with Gasteiger partial charge in [0.15, 0.2) is 0 Å². The molecule has 128 valence electrons. The van der Waals surface area contributed by atoms with Gasteiger partial charge in [-0.25, -0.2) is 0 Å². The van der Waals surface area contributed by atoms with Gasteiger partial charge in [0.2, 0.25) is 0 Å². The van der Waals surface area contributed by atoms with Gasteiger partial charge in [0.05, 0.1) is 0 Å².